The molecule has 1 aliphatic heterocycles. The summed E-state index contributed by atoms with van der Waals surface area (Å²) >= 11 is 0. The van der Waals surface area contributed by atoms with Crippen molar-refractivity contribution in [3.8, 4) is 17.0 Å². The molecule has 2 heterocycles. The molecule has 27 heavy (non-hydrogen) atoms. The molecule has 140 valence electrons. The molecule has 3 aromatic rings. The van der Waals surface area contributed by atoms with Crippen LogP contribution in [0, 0.1) is 0 Å². The molecule has 0 fully saturated rings. The van der Waals surface area contributed by atoms with Gasteiger partial charge in [0, 0.05) is 11.1 Å². The number of hydrogen-bond donors (Lipinski definition) is 0. The number of benzene rings is 2. The van der Waals surface area contributed by atoms with E-state index in [9.17, 15) is 4.79 Å². The molecule has 0 spiro atoms. The van der Waals surface area contributed by atoms with Gasteiger partial charge in [0.1, 0.15) is 11.9 Å². The average Bonchev–Trinajstić information content (AvgIpc) is 3.27. The number of Topliss-reactive ketones (excluding diaryl/α,β-unsaturated/α-hetero) is 1. The molecule has 0 bridgehead atoms. The number of aromatic nitrogens is 2. The molecule has 5 heteroatoms. The van der Waals surface area contributed by atoms with Crippen LogP contribution < -0.4 is 26.3 Å². The fourth-order valence-corrected chi connectivity index (χ4v) is 3.64. The molecule has 0 atom stereocenters. The highest BCUT2D eigenvalue weighted by Gasteiger charge is 2.29. The van der Waals surface area contributed by atoms with Gasteiger partial charge in [-0.05, 0) is 37.6 Å². The smallest absolute Gasteiger partial charge is 0.257 e. The van der Waals surface area contributed by atoms with Crippen LogP contribution in [-0.4, -0.2) is 17.0 Å². The van der Waals surface area contributed by atoms with Crippen LogP contribution in [0.5, 0.6) is 5.75 Å². The van der Waals surface area contributed by atoms with E-state index >= 15 is 0 Å². The second-order valence-corrected chi connectivity index (χ2v) is 6.56. The van der Waals surface area contributed by atoms with Crippen molar-refractivity contribution in [3.63, 3.8) is 0 Å². The van der Waals surface area contributed by atoms with Crippen LogP contribution in [0.15, 0.2) is 60.8 Å². The van der Waals surface area contributed by atoms with Gasteiger partial charge in [0.25, 0.3) is 5.82 Å². The number of imidazole rings is 1. The predicted octanol–water partition coefficient (Wildman–Crippen LogP) is 0.674. The standard InChI is InChI=1S/C22H23N2O2.BrH/c1-2-26-19-12-10-18(11-13-19)21(25)16-23-15-20(17-7-4-3-5-8-17)24-14-6-9-22(23)24;/h3-5,7-8,10-13,15H,2,6,9,14,16H2,1H3;1H/q+1;/p-1. The SMILES string of the molecule is CCOc1ccc(C(=O)C[n+]2cc(-c3ccccc3)n3c2CCC3)cc1.[Br-]. The zero-order valence-electron chi connectivity index (χ0n) is 15.4. The maximum Gasteiger partial charge on any atom is 0.257 e. The number of halogens is 1. The molecule has 0 saturated heterocycles. The first-order chi connectivity index (χ1) is 12.8. The lowest BCUT2D eigenvalue weighted by molar-refractivity contribution is -0.689. The molecule has 4 nitrogen and oxygen atoms in total. The summed E-state index contributed by atoms with van der Waals surface area (Å²) in [5.74, 6) is 2.16. The van der Waals surface area contributed by atoms with Gasteiger partial charge in [-0.25, -0.2) is 9.13 Å². The summed E-state index contributed by atoms with van der Waals surface area (Å²) in [5.41, 5.74) is 3.11. The summed E-state index contributed by atoms with van der Waals surface area (Å²) in [6.07, 6.45) is 4.27. The third-order valence-corrected chi connectivity index (χ3v) is 4.86. The van der Waals surface area contributed by atoms with Gasteiger partial charge >= 0.3 is 0 Å². The fraction of sp³-hybridized carbons (Fsp3) is 0.273. The third-order valence-electron chi connectivity index (χ3n) is 4.86. The molecule has 0 radical (unpaired) electrons. The predicted molar refractivity (Wildman–Crippen MR) is 100 cm³/mol. The lowest BCUT2D eigenvalue weighted by Gasteiger charge is -2.04. The molecule has 1 aliphatic rings. The van der Waals surface area contributed by atoms with Gasteiger partial charge in [-0.3, -0.25) is 4.79 Å². The van der Waals surface area contributed by atoms with Gasteiger partial charge in [-0.15, -0.1) is 0 Å². The second-order valence-electron chi connectivity index (χ2n) is 6.56. The third kappa shape index (κ3) is 3.98. The van der Waals surface area contributed by atoms with E-state index in [1.807, 2.05) is 37.3 Å². The highest BCUT2D eigenvalue weighted by Crippen LogP contribution is 2.24. The van der Waals surface area contributed by atoms with Crippen LogP contribution in [0.3, 0.4) is 0 Å². The van der Waals surface area contributed by atoms with E-state index in [2.05, 4.69) is 39.6 Å². The van der Waals surface area contributed by atoms with Gasteiger partial charge in [-0.1, -0.05) is 30.3 Å². The molecule has 4 rings (SSSR count). The topological polar surface area (TPSA) is 35.1 Å². The molecular weight excluding hydrogens is 404 g/mol. The molecule has 0 N–H and O–H groups in total. The normalized spacial score (nSPS) is 12.3. The fourth-order valence-electron chi connectivity index (χ4n) is 3.64. The number of ether oxygens (including phenoxy) is 1. The number of carbonyl (C=O) groups is 1. The Bertz CT molecular complexity index is 917. The van der Waals surface area contributed by atoms with Gasteiger partial charge in [-0.2, -0.15) is 0 Å². The Morgan fingerprint density at radius 3 is 2.56 bits per heavy atom. The highest BCUT2D eigenvalue weighted by molar-refractivity contribution is 5.95. The molecule has 0 saturated carbocycles. The summed E-state index contributed by atoms with van der Waals surface area (Å²) in [4.78, 5) is 12.8. The van der Waals surface area contributed by atoms with E-state index in [0.29, 0.717) is 13.2 Å². The van der Waals surface area contributed by atoms with Crippen molar-refractivity contribution < 1.29 is 31.1 Å². The Labute approximate surface area is 170 Å². The number of fused-ring (bicyclic) bond motifs is 1. The van der Waals surface area contributed by atoms with Gasteiger partial charge in [0.2, 0.25) is 5.78 Å². The van der Waals surface area contributed by atoms with E-state index in [0.717, 1.165) is 30.7 Å². The lowest BCUT2D eigenvalue weighted by Crippen LogP contribution is -3.00. The minimum absolute atomic E-state index is 0. The number of carbonyl (C=O) groups excluding carboxylic acids is 1. The number of hydrogen-bond acceptors (Lipinski definition) is 2. The second kappa shape index (κ2) is 8.53. The molecule has 0 unspecified atom stereocenters. The Morgan fingerprint density at radius 1 is 1.11 bits per heavy atom. The van der Waals surface area contributed by atoms with Crippen LogP contribution in [0.2, 0.25) is 0 Å². The largest absolute Gasteiger partial charge is 1.00 e. The van der Waals surface area contributed by atoms with Crippen molar-refractivity contribution in [3.05, 3.63) is 72.2 Å². The van der Waals surface area contributed by atoms with E-state index < -0.39 is 0 Å². The molecule has 2 aromatic carbocycles. The zero-order chi connectivity index (χ0) is 17.9. The maximum atomic E-state index is 12.8. The maximum absolute atomic E-state index is 12.8. The first-order valence-corrected chi connectivity index (χ1v) is 9.19. The minimum Gasteiger partial charge on any atom is -1.00 e. The summed E-state index contributed by atoms with van der Waals surface area (Å²) in [6, 6.07) is 17.8. The van der Waals surface area contributed by atoms with Crippen molar-refractivity contribution >= 4 is 5.78 Å². The average molecular weight is 427 g/mol. The van der Waals surface area contributed by atoms with Crippen molar-refractivity contribution in [2.75, 3.05) is 6.61 Å². The molecular formula is C22H23BrN2O2. The van der Waals surface area contributed by atoms with Crippen LogP contribution in [0.1, 0.15) is 29.5 Å². The number of nitrogens with zero attached hydrogens (tertiary/aromatic N) is 2. The summed E-state index contributed by atoms with van der Waals surface area (Å²) in [5, 5.41) is 0. The first-order valence-electron chi connectivity index (χ1n) is 9.19. The Kier molecular flexibility index (Phi) is 6.11. The number of ketones is 1. The van der Waals surface area contributed by atoms with Crippen molar-refractivity contribution in [1.82, 2.24) is 4.57 Å². The zero-order valence-corrected chi connectivity index (χ0v) is 17.0. The quantitative estimate of drug-likeness (QED) is 0.429. The lowest BCUT2D eigenvalue weighted by atomic mass is 10.1. The Hall–Kier alpha value is -2.40. The Morgan fingerprint density at radius 2 is 1.85 bits per heavy atom. The van der Waals surface area contributed by atoms with Crippen LogP contribution in [-0.2, 0) is 19.5 Å². The van der Waals surface area contributed by atoms with E-state index in [1.54, 1.807) is 0 Å². The van der Waals surface area contributed by atoms with Crippen molar-refractivity contribution in [1.29, 1.82) is 0 Å². The van der Waals surface area contributed by atoms with E-state index in [4.69, 9.17) is 4.74 Å². The van der Waals surface area contributed by atoms with Gasteiger partial charge in [0.05, 0.1) is 19.6 Å². The molecule has 0 amide bonds. The first kappa shape index (κ1) is 19.4. The minimum atomic E-state index is 0. The van der Waals surface area contributed by atoms with Crippen LogP contribution in [0.4, 0.5) is 0 Å². The summed E-state index contributed by atoms with van der Waals surface area (Å²) in [6.45, 7) is 3.97. The highest BCUT2D eigenvalue weighted by atomic mass is 79.9. The van der Waals surface area contributed by atoms with Crippen molar-refractivity contribution in [2.45, 2.75) is 32.9 Å². The molecule has 1 aromatic heterocycles. The molecule has 0 aliphatic carbocycles. The summed E-state index contributed by atoms with van der Waals surface area (Å²) in [7, 11) is 0. The van der Waals surface area contributed by atoms with E-state index in [-0.39, 0.29) is 22.8 Å². The number of rotatable bonds is 6. The van der Waals surface area contributed by atoms with Gasteiger partial charge in [0.15, 0.2) is 12.2 Å². The monoisotopic (exact) mass is 426 g/mol. The summed E-state index contributed by atoms with van der Waals surface area (Å²) < 4.78 is 9.92. The van der Waals surface area contributed by atoms with Crippen LogP contribution >= 0.6 is 0 Å². The van der Waals surface area contributed by atoms with Gasteiger partial charge < -0.3 is 21.7 Å². The van der Waals surface area contributed by atoms with E-state index in [1.165, 1.54) is 17.1 Å². The van der Waals surface area contributed by atoms with Crippen molar-refractivity contribution in [2.24, 2.45) is 0 Å². The van der Waals surface area contributed by atoms with Crippen LogP contribution in [0.25, 0.3) is 11.3 Å². The Balaban J connectivity index is 0.00000210.